The Hall–Kier alpha value is -2.12. The van der Waals surface area contributed by atoms with Crippen LogP contribution in [0.3, 0.4) is 0 Å². The number of aromatic amines is 1. The maximum Gasteiger partial charge on any atom is 0.191 e. The molecule has 3 rings (SSSR count). The van der Waals surface area contributed by atoms with Gasteiger partial charge in [0.1, 0.15) is 5.78 Å². The molecule has 138 valence electrons. The minimum atomic E-state index is -0.347. The topological polar surface area (TPSA) is 89.6 Å². The fourth-order valence-corrected chi connectivity index (χ4v) is 3.83. The van der Waals surface area contributed by atoms with E-state index in [1.165, 1.54) is 17.1 Å². The van der Waals surface area contributed by atoms with Crippen LogP contribution in [-0.2, 0) is 18.3 Å². The van der Waals surface area contributed by atoms with Gasteiger partial charge in [0, 0.05) is 29.6 Å². The van der Waals surface area contributed by atoms with Crippen LogP contribution in [0, 0.1) is 5.41 Å². The van der Waals surface area contributed by atoms with Gasteiger partial charge in [0.25, 0.3) is 0 Å². The highest BCUT2D eigenvalue weighted by atomic mass is 32.2. The predicted molar refractivity (Wildman–Crippen MR) is 105 cm³/mol. The summed E-state index contributed by atoms with van der Waals surface area (Å²) in [6, 6.07) is 7.90. The Balaban J connectivity index is 1.71. The smallest absolute Gasteiger partial charge is 0.191 e. The second-order valence-corrected chi connectivity index (χ2v) is 8.47. The van der Waals surface area contributed by atoms with Crippen LogP contribution in [0.15, 0.2) is 35.6 Å². The number of ketones is 1. The van der Waals surface area contributed by atoms with E-state index in [9.17, 15) is 4.79 Å². The number of nitrogens with zero attached hydrogens (tertiary/aromatic N) is 3. The summed E-state index contributed by atoms with van der Waals surface area (Å²) in [4.78, 5) is 15.4. The van der Waals surface area contributed by atoms with Crippen molar-refractivity contribution in [2.24, 2.45) is 18.2 Å². The Morgan fingerprint density at radius 1 is 1.31 bits per heavy atom. The molecule has 7 heteroatoms. The van der Waals surface area contributed by atoms with Crippen LogP contribution in [0.5, 0.6) is 0 Å². The number of nitrogens with two attached hydrogens (primary N) is 1. The van der Waals surface area contributed by atoms with E-state index in [0.717, 1.165) is 16.9 Å². The number of thioether (sulfide) groups is 1. The monoisotopic (exact) mass is 371 g/mol. The zero-order valence-corrected chi connectivity index (χ0v) is 16.4. The summed E-state index contributed by atoms with van der Waals surface area (Å²) in [7, 11) is 1.90. The molecule has 0 aliphatic heterocycles. The standard InChI is InChI=1S/C19H25N5OS/c1-19(2,3)16(25)11-26-18-23-22-17(24(18)4)14(20)9-12-10-21-15-8-6-5-7-13(12)15/h5-8,10,14,21H,9,11,20H2,1-4H3/t14-/m0/s1. The zero-order chi connectivity index (χ0) is 18.9. The molecule has 3 N–H and O–H groups in total. The third kappa shape index (κ3) is 3.83. The molecule has 0 fully saturated rings. The first-order chi connectivity index (χ1) is 12.3. The largest absolute Gasteiger partial charge is 0.361 e. The summed E-state index contributed by atoms with van der Waals surface area (Å²) in [6.07, 6.45) is 2.67. The van der Waals surface area contributed by atoms with Crippen LogP contribution < -0.4 is 5.73 Å². The van der Waals surface area contributed by atoms with Crippen LogP contribution in [0.25, 0.3) is 10.9 Å². The number of fused-ring (bicyclic) bond motifs is 1. The molecule has 0 bridgehead atoms. The molecular formula is C19H25N5OS. The lowest BCUT2D eigenvalue weighted by atomic mass is 9.92. The predicted octanol–water partition coefficient (Wildman–Crippen LogP) is 3.25. The molecule has 2 heterocycles. The molecule has 0 spiro atoms. The zero-order valence-electron chi connectivity index (χ0n) is 15.6. The van der Waals surface area contributed by atoms with E-state index in [1.807, 2.05) is 56.8 Å². The van der Waals surface area contributed by atoms with E-state index < -0.39 is 0 Å². The summed E-state index contributed by atoms with van der Waals surface area (Å²) in [5.74, 6) is 1.30. The van der Waals surface area contributed by atoms with Gasteiger partial charge in [0.2, 0.25) is 0 Å². The van der Waals surface area contributed by atoms with Crippen molar-refractivity contribution in [1.82, 2.24) is 19.7 Å². The van der Waals surface area contributed by atoms with E-state index in [-0.39, 0.29) is 17.2 Å². The molecule has 0 aliphatic carbocycles. The van der Waals surface area contributed by atoms with Crippen LogP contribution in [-0.4, -0.2) is 31.3 Å². The van der Waals surface area contributed by atoms with Crippen molar-refractivity contribution in [2.45, 2.75) is 38.4 Å². The average Bonchev–Trinajstić information content (AvgIpc) is 3.16. The van der Waals surface area contributed by atoms with Crippen LogP contribution in [0.1, 0.15) is 38.2 Å². The van der Waals surface area contributed by atoms with E-state index in [4.69, 9.17) is 5.73 Å². The van der Waals surface area contributed by atoms with E-state index in [1.54, 1.807) is 0 Å². The Morgan fingerprint density at radius 3 is 2.77 bits per heavy atom. The molecular weight excluding hydrogens is 346 g/mol. The van der Waals surface area contributed by atoms with Gasteiger partial charge in [-0.2, -0.15) is 0 Å². The summed E-state index contributed by atoms with van der Waals surface area (Å²) in [5.41, 5.74) is 8.32. The highest BCUT2D eigenvalue weighted by Crippen LogP contribution is 2.26. The molecule has 1 aromatic carbocycles. The first-order valence-corrected chi connectivity index (χ1v) is 9.62. The van der Waals surface area contributed by atoms with Gasteiger partial charge in [-0.3, -0.25) is 4.79 Å². The van der Waals surface area contributed by atoms with E-state index >= 15 is 0 Å². The van der Waals surface area contributed by atoms with E-state index in [2.05, 4.69) is 21.2 Å². The molecule has 2 aromatic heterocycles. The Morgan fingerprint density at radius 2 is 2.04 bits per heavy atom. The molecule has 3 aromatic rings. The van der Waals surface area contributed by atoms with Crippen molar-refractivity contribution in [3.8, 4) is 0 Å². The number of nitrogens with one attached hydrogen (secondary N) is 1. The van der Waals surface area contributed by atoms with E-state index in [0.29, 0.717) is 17.3 Å². The van der Waals surface area contributed by atoms with Crippen molar-refractivity contribution in [1.29, 1.82) is 0 Å². The number of benzene rings is 1. The Labute approximate surface area is 157 Å². The molecule has 0 amide bonds. The molecule has 0 saturated heterocycles. The summed E-state index contributed by atoms with van der Waals surface area (Å²) < 4.78 is 1.89. The van der Waals surface area contributed by atoms with Gasteiger partial charge < -0.3 is 15.3 Å². The van der Waals surface area contributed by atoms with Crippen molar-refractivity contribution >= 4 is 28.4 Å². The number of Topliss-reactive ketones (excluding diaryl/α,β-unsaturated/α-hetero) is 1. The quantitative estimate of drug-likeness (QED) is 0.649. The summed E-state index contributed by atoms with van der Waals surface area (Å²) >= 11 is 1.41. The van der Waals surface area contributed by atoms with Crippen molar-refractivity contribution in [3.05, 3.63) is 41.9 Å². The number of hydrogen-bond donors (Lipinski definition) is 2. The fraction of sp³-hybridized carbons (Fsp3) is 0.421. The van der Waals surface area contributed by atoms with Gasteiger partial charge in [-0.25, -0.2) is 0 Å². The number of rotatable bonds is 6. The summed E-state index contributed by atoms with van der Waals surface area (Å²) in [5, 5.41) is 10.4. The van der Waals surface area contributed by atoms with Crippen LogP contribution in [0.2, 0.25) is 0 Å². The maximum atomic E-state index is 12.1. The lowest BCUT2D eigenvalue weighted by Gasteiger charge is -2.15. The van der Waals surface area contributed by atoms with Gasteiger partial charge in [-0.05, 0) is 18.1 Å². The number of hydrogen-bond acceptors (Lipinski definition) is 5. The number of carbonyl (C=O) groups excluding carboxylic acids is 1. The minimum absolute atomic E-state index is 0.190. The lowest BCUT2D eigenvalue weighted by molar-refractivity contribution is -0.123. The first-order valence-electron chi connectivity index (χ1n) is 8.63. The third-order valence-corrected chi connectivity index (χ3v) is 5.50. The molecule has 0 radical (unpaired) electrons. The third-order valence-electron chi connectivity index (χ3n) is 4.48. The molecule has 1 atom stereocenters. The summed E-state index contributed by atoms with van der Waals surface area (Å²) in [6.45, 7) is 5.78. The average molecular weight is 372 g/mol. The fourth-order valence-electron chi connectivity index (χ4n) is 2.75. The van der Waals surface area contributed by atoms with Gasteiger partial charge >= 0.3 is 0 Å². The van der Waals surface area contributed by atoms with Crippen LogP contribution in [0.4, 0.5) is 0 Å². The normalized spacial score (nSPS) is 13.3. The van der Waals surface area contributed by atoms with Crippen LogP contribution >= 0.6 is 11.8 Å². The lowest BCUT2D eigenvalue weighted by Crippen LogP contribution is -2.22. The Kier molecular flexibility index (Phi) is 5.20. The van der Waals surface area contributed by atoms with Gasteiger partial charge in [-0.15, -0.1) is 10.2 Å². The second-order valence-electron chi connectivity index (χ2n) is 7.53. The Bertz CT molecular complexity index is 922. The number of carbonyl (C=O) groups is 1. The maximum absolute atomic E-state index is 12.1. The molecule has 0 unspecified atom stereocenters. The SMILES string of the molecule is Cn1c(SCC(=O)C(C)(C)C)nnc1[C@@H](N)Cc1c[nH]c2ccccc12. The minimum Gasteiger partial charge on any atom is -0.361 e. The molecule has 26 heavy (non-hydrogen) atoms. The van der Waals surface area contributed by atoms with Crippen molar-refractivity contribution in [3.63, 3.8) is 0 Å². The molecule has 0 saturated carbocycles. The van der Waals surface area contributed by atoms with Crippen molar-refractivity contribution in [2.75, 3.05) is 5.75 Å². The van der Waals surface area contributed by atoms with Gasteiger partial charge in [-0.1, -0.05) is 50.7 Å². The van der Waals surface area contributed by atoms with Crippen molar-refractivity contribution < 1.29 is 4.79 Å². The number of para-hydroxylation sites is 1. The molecule has 6 nitrogen and oxygen atoms in total. The highest BCUT2D eigenvalue weighted by Gasteiger charge is 2.23. The second kappa shape index (κ2) is 7.25. The van der Waals surface area contributed by atoms with Gasteiger partial charge in [0.15, 0.2) is 11.0 Å². The first kappa shape index (κ1) is 18.7. The highest BCUT2D eigenvalue weighted by molar-refractivity contribution is 7.99. The number of H-pyrrole nitrogens is 1. The van der Waals surface area contributed by atoms with Gasteiger partial charge in [0.05, 0.1) is 11.8 Å². The molecule has 0 aliphatic rings. The number of aromatic nitrogens is 4.